The van der Waals surface area contributed by atoms with Crippen molar-refractivity contribution in [2.75, 3.05) is 24.6 Å². The molecule has 1 saturated heterocycles. The van der Waals surface area contributed by atoms with Crippen LogP contribution in [0.4, 0.5) is 10.5 Å². The van der Waals surface area contributed by atoms with Crippen LogP contribution in [-0.4, -0.2) is 36.9 Å². The lowest BCUT2D eigenvalue weighted by Crippen LogP contribution is -2.32. The molecule has 2 aliphatic rings. The maximum Gasteiger partial charge on any atom is 0.414 e. The molecule has 0 bridgehead atoms. The van der Waals surface area contributed by atoms with Crippen molar-refractivity contribution >= 4 is 29.0 Å². The molecule has 1 fully saturated rings. The fourth-order valence-corrected chi connectivity index (χ4v) is 2.68. The fourth-order valence-electron chi connectivity index (χ4n) is 2.59. The van der Waals surface area contributed by atoms with Crippen LogP contribution in [-0.2, 0) is 11.2 Å². The molecule has 112 valence electrons. The van der Waals surface area contributed by atoms with Crippen molar-refractivity contribution in [3.8, 4) is 5.75 Å². The maximum atomic E-state index is 12.0. The SMILES string of the molecule is CC(=S)NC[C@H]1CN(c2ccc3c(c2)OCCC3)C(=O)O1. The first-order valence-electron chi connectivity index (χ1n) is 7.12. The molecular weight excluding hydrogens is 288 g/mol. The maximum absolute atomic E-state index is 12.0. The molecule has 1 atom stereocenters. The van der Waals surface area contributed by atoms with Crippen LogP contribution < -0.4 is 15.0 Å². The van der Waals surface area contributed by atoms with Crippen LogP contribution in [0.2, 0.25) is 0 Å². The minimum absolute atomic E-state index is 0.188. The Morgan fingerprint density at radius 3 is 3.19 bits per heavy atom. The number of fused-ring (bicyclic) bond motifs is 1. The molecule has 21 heavy (non-hydrogen) atoms. The Labute approximate surface area is 129 Å². The zero-order valence-electron chi connectivity index (χ0n) is 11.9. The second-order valence-electron chi connectivity index (χ2n) is 5.30. The van der Waals surface area contributed by atoms with E-state index in [2.05, 4.69) is 5.32 Å². The molecule has 0 saturated carbocycles. The Balaban J connectivity index is 1.72. The number of carbonyl (C=O) groups excluding carboxylic acids is 1. The second-order valence-corrected chi connectivity index (χ2v) is 5.91. The number of aryl methyl sites for hydroxylation is 1. The first-order valence-corrected chi connectivity index (χ1v) is 7.52. The Morgan fingerprint density at radius 1 is 1.52 bits per heavy atom. The quantitative estimate of drug-likeness (QED) is 0.868. The van der Waals surface area contributed by atoms with Gasteiger partial charge in [0.1, 0.15) is 11.9 Å². The van der Waals surface area contributed by atoms with Gasteiger partial charge in [-0.2, -0.15) is 0 Å². The van der Waals surface area contributed by atoms with Gasteiger partial charge in [-0.3, -0.25) is 4.90 Å². The van der Waals surface area contributed by atoms with Gasteiger partial charge in [-0.1, -0.05) is 18.3 Å². The summed E-state index contributed by atoms with van der Waals surface area (Å²) in [6.45, 7) is 3.61. The molecule has 2 heterocycles. The van der Waals surface area contributed by atoms with Gasteiger partial charge in [0.2, 0.25) is 0 Å². The van der Waals surface area contributed by atoms with E-state index in [9.17, 15) is 4.79 Å². The van der Waals surface area contributed by atoms with Crippen LogP contribution in [0.15, 0.2) is 18.2 Å². The molecule has 1 N–H and O–H groups in total. The Morgan fingerprint density at radius 2 is 2.38 bits per heavy atom. The molecule has 0 aromatic heterocycles. The lowest BCUT2D eigenvalue weighted by atomic mass is 10.1. The topological polar surface area (TPSA) is 50.8 Å². The number of benzene rings is 1. The van der Waals surface area contributed by atoms with Gasteiger partial charge >= 0.3 is 6.09 Å². The molecule has 1 aromatic rings. The first kappa shape index (κ1) is 14.1. The summed E-state index contributed by atoms with van der Waals surface area (Å²) < 4.78 is 11.0. The van der Waals surface area contributed by atoms with Gasteiger partial charge in [-0.25, -0.2) is 4.79 Å². The zero-order valence-corrected chi connectivity index (χ0v) is 12.7. The van der Waals surface area contributed by atoms with Crippen molar-refractivity contribution in [3.05, 3.63) is 23.8 Å². The number of thiocarbonyl (C=S) groups is 1. The molecule has 3 rings (SSSR count). The predicted octanol–water partition coefficient (Wildman–Crippen LogP) is 2.27. The molecule has 1 aromatic carbocycles. The minimum Gasteiger partial charge on any atom is -0.493 e. The van der Waals surface area contributed by atoms with Gasteiger partial charge in [-0.15, -0.1) is 0 Å². The number of anilines is 1. The summed E-state index contributed by atoms with van der Waals surface area (Å²) in [5, 5.41) is 3.03. The highest BCUT2D eigenvalue weighted by molar-refractivity contribution is 7.80. The highest BCUT2D eigenvalue weighted by Gasteiger charge is 2.32. The summed E-state index contributed by atoms with van der Waals surface area (Å²) in [6, 6.07) is 5.91. The number of hydrogen-bond donors (Lipinski definition) is 1. The molecule has 0 radical (unpaired) electrons. The van der Waals surface area contributed by atoms with Crippen molar-refractivity contribution in [1.82, 2.24) is 5.32 Å². The van der Waals surface area contributed by atoms with Crippen LogP contribution in [0.25, 0.3) is 0 Å². The van der Waals surface area contributed by atoms with E-state index in [0.29, 0.717) is 18.1 Å². The van der Waals surface area contributed by atoms with E-state index in [1.165, 1.54) is 5.56 Å². The number of rotatable bonds is 3. The lowest BCUT2D eigenvalue weighted by molar-refractivity contribution is 0.143. The number of hydrogen-bond acceptors (Lipinski definition) is 4. The van der Waals surface area contributed by atoms with E-state index >= 15 is 0 Å². The van der Waals surface area contributed by atoms with Gasteiger partial charge in [0.25, 0.3) is 0 Å². The Hall–Kier alpha value is -1.82. The summed E-state index contributed by atoms with van der Waals surface area (Å²) in [6.07, 6.45) is 1.57. The second kappa shape index (κ2) is 5.89. The van der Waals surface area contributed by atoms with E-state index in [4.69, 9.17) is 21.7 Å². The molecule has 0 unspecified atom stereocenters. The van der Waals surface area contributed by atoms with Crippen molar-refractivity contribution in [2.45, 2.75) is 25.9 Å². The van der Waals surface area contributed by atoms with E-state index in [-0.39, 0.29) is 12.2 Å². The molecule has 5 nitrogen and oxygen atoms in total. The number of carbonyl (C=O) groups is 1. The lowest BCUT2D eigenvalue weighted by Gasteiger charge is -2.20. The fraction of sp³-hybridized carbons (Fsp3) is 0.467. The van der Waals surface area contributed by atoms with Crippen LogP contribution in [0.5, 0.6) is 5.75 Å². The molecule has 0 aliphatic carbocycles. The Kier molecular flexibility index (Phi) is 3.96. The molecule has 0 spiro atoms. The van der Waals surface area contributed by atoms with Crippen LogP contribution >= 0.6 is 12.2 Å². The summed E-state index contributed by atoms with van der Waals surface area (Å²) in [5.74, 6) is 0.878. The summed E-state index contributed by atoms with van der Waals surface area (Å²) >= 11 is 4.97. The zero-order chi connectivity index (χ0) is 14.8. The standard InChI is InChI=1S/C15H18N2O3S/c1-10(21)16-8-13-9-17(15(18)20-13)12-5-4-11-3-2-6-19-14(11)7-12/h4-5,7,13H,2-3,6,8-9H2,1H3,(H,16,21)/t13-/m0/s1. The highest BCUT2D eigenvalue weighted by atomic mass is 32.1. The van der Waals surface area contributed by atoms with E-state index in [1.807, 2.05) is 25.1 Å². The Bertz CT molecular complexity index is 576. The van der Waals surface area contributed by atoms with Gasteiger partial charge in [0.15, 0.2) is 0 Å². The monoisotopic (exact) mass is 306 g/mol. The van der Waals surface area contributed by atoms with E-state index in [1.54, 1.807) is 4.90 Å². The summed E-state index contributed by atoms with van der Waals surface area (Å²) in [5.41, 5.74) is 2.02. The first-order chi connectivity index (χ1) is 10.1. The van der Waals surface area contributed by atoms with Crippen molar-refractivity contribution in [2.24, 2.45) is 0 Å². The average molecular weight is 306 g/mol. The molecular formula is C15H18N2O3S. The van der Waals surface area contributed by atoms with Gasteiger partial charge < -0.3 is 14.8 Å². The highest BCUT2D eigenvalue weighted by Crippen LogP contribution is 2.31. The van der Waals surface area contributed by atoms with Crippen LogP contribution in [0.1, 0.15) is 18.9 Å². The van der Waals surface area contributed by atoms with Crippen LogP contribution in [0.3, 0.4) is 0 Å². The van der Waals surface area contributed by atoms with Crippen molar-refractivity contribution in [3.63, 3.8) is 0 Å². The smallest absolute Gasteiger partial charge is 0.414 e. The third kappa shape index (κ3) is 3.10. The third-order valence-electron chi connectivity index (χ3n) is 3.66. The van der Waals surface area contributed by atoms with Crippen LogP contribution in [0, 0.1) is 0 Å². The van der Waals surface area contributed by atoms with Crippen molar-refractivity contribution < 1.29 is 14.3 Å². The molecule has 1 amide bonds. The van der Waals surface area contributed by atoms with E-state index < -0.39 is 0 Å². The van der Waals surface area contributed by atoms with Gasteiger partial charge in [0, 0.05) is 6.07 Å². The number of nitrogens with zero attached hydrogens (tertiary/aromatic N) is 1. The normalized spacial score (nSPS) is 20.5. The van der Waals surface area contributed by atoms with Crippen molar-refractivity contribution in [1.29, 1.82) is 0 Å². The number of amides is 1. The summed E-state index contributed by atoms with van der Waals surface area (Å²) in [7, 11) is 0. The van der Waals surface area contributed by atoms with Gasteiger partial charge in [-0.05, 0) is 31.4 Å². The number of ether oxygens (including phenoxy) is 2. The number of nitrogens with one attached hydrogen (secondary N) is 1. The largest absolute Gasteiger partial charge is 0.493 e. The third-order valence-corrected chi connectivity index (χ3v) is 3.81. The van der Waals surface area contributed by atoms with Gasteiger partial charge in [0.05, 0.1) is 30.4 Å². The minimum atomic E-state index is -0.320. The van der Waals surface area contributed by atoms with E-state index in [0.717, 1.165) is 30.9 Å². The average Bonchev–Trinajstić information content (AvgIpc) is 2.86. The predicted molar refractivity (Wildman–Crippen MR) is 84.1 cm³/mol. The molecule has 2 aliphatic heterocycles. The number of cyclic esters (lactones) is 1. The summed E-state index contributed by atoms with van der Waals surface area (Å²) in [4.78, 5) is 14.3. The molecule has 6 heteroatoms.